The predicted octanol–water partition coefficient (Wildman–Crippen LogP) is 4.16. The van der Waals surface area contributed by atoms with Crippen LogP contribution in [-0.2, 0) is 0 Å². The largest absolute Gasteiger partial charge is 0.497 e. The number of rotatable bonds is 4. The van der Waals surface area contributed by atoms with Gasteiger partial charge in [0.05, 0.1) is 36.4 Å². The van der Waals surface area contributed by atoms with Crippen molar-refractivity contribution in [3.8, 4) is 5.75 Å². The van der Waals surface area contributed by atoms with E-state index >= 15 is 0 Å². The standard InChI is InChI=1S/C19H18N4O2/c1-25-14-6-7-15-16(9-14)21-11-17(18(15)12-4-5-12)23-19(24)22-13-3-2-8-20-10-13/h2-3,6-12H,4-5H2,1H3,(H2,22,23,24). The van der Waals surface area contributed by atoms with Crippen molar-refractivity contribution >= 4 is 28.3 Å². The molecule has 126 valence electrons. The van der Waals surface area contributed by atoms with Gasteiger partial charge < -0.3 is 15.4 Å². The van der Waals surface area contributed by atoms with E-state index in [4.69, 9.17) is 4.74 Å². The number of hydrogen-bond acceptors (Lipinski definition) is 4. The summed E-state index contributed by atoms with van der Waals surface area (Å²) in [6, 6.07) is 9.12. The van der Waals surface area contributed by atoms with Gasteiger partial charge in [-0.1, -0.05) is 0 Å². The average Bonchev–Trinajstić information content (AvgIpc) is 3.46. The van der Waals surface area contributed by atoms with Crippen LogP contribution in [0.3, 0.4) is 0 Å². The van der Waals surface area contributed by atoms with Crippen molar-refractivity contribution in [3.63, 3.8) is 0 Å². The number of benzene rings is 1. The van der Waals surface area contributed by atoms with E-state index in [1.54, 1.807) is 37.8 Å². The third-order valence-corrected chi connectivity index (χ3v) is 4.27. The Hall–Kier alpha value is -3.15. The first-order valence-electron chi connectivity index (χ1n) is 8.19. The molecular formula is C19H18N4O2. The number of amides is 2. The van der Waals surface area contributed by atoms with Crippen LogP contribution >= 0.6 is 0 Å². The smallest absolute Gasteiger partial charge is 0.323 e. The summed E-state index contributed by atoms with van der Waals surface area (Å²) in [5.74, 6) is 1.24. The molecular weight excluding hydrogens is 316 g/mol. The van der Waals surface area contributed by atoms with Gasteiger partial charge in [0.25, 0.3) is 0 Å². The predicted molar refractivity (Wildman–Crippen MR) is 97.1 cm³/mol. The maximum atomic E-state index is 12.3. The highest BCUT2D eigenvalue weighted by Crippen LogP contribution is 2.46. The van der Waals surface area contributed by atoms with E-state index in [0.29, 0.717) is 11.6 Å². The third-order valence-electron chi connectivity index (χ3n) is 4.27. The van der Waals surface area contributed by atoms with E-state index in [1.807, 2.05) is 18.2 Å². The summed E-state index contributed by atoms with van der Waals surface area (Å²) in [5, 5.41) is 6.77. The monoisotopic (exact) mass is 334 g/mol. The van der Waals surface area contributed by atoms with Crippen molar-refractivity contribution in [2.75, 3.05) is 17.7 Å². The number of pyridine rings is 2. The number of aromatic nitrogens is 2. The molecule has 0 saturated heterocycles. The molecule has 25 heavy (non-hydrogen) atoms. The van der Waals surface area contributed by atoms with Gasteiger partial charge in [0.1, 0.15) is 5.75 Å². The second-order valence-corrected chi connectivity index (χ2v) is 6.06. The Bertz CT molecular complexity index is 923. The van der Waals surface area contributed by atoms with Crippen LogP contribution < -0.4 is 15.4 Å². The minimum atomic E-state index is -0.301. The molecule has 2 amide bonds. The summed E-state index contributed by atoms with van der Waals surface area (Å²) >= 11 is 0. The summed E-state index contributed by atoms with van der Waals surface area (Å²) in [6.45, 7) is 0. The highest BCUT2D eigenvalue weighted by molar-refractivity contribution is 6.02. The Balaban J connectivity index is 1.65. The van der Waals surface area contributed by atoms with Gasteiger partial charge in [0.15, 0.2) is 0 Å². The first-order chi connectivity index (χ1) is 12.2. The highest BCUT2D eigenvalue weighted by Gasteiger charge is 2.29. The van der Waals surface area contributed by atoms with E-state index < -0.39 is 0 Å². The van der Waals surface area contributed by atoms with Gasteiger partial charge in [0, 0.05) is 17.6 Å². The molecule has 0 aliphatic heterocycles. The van der Waals surface area contributed by atoms with Crippen LogP contribution in [0.4, 0.5) is 16.2 Å². The van der Waals surface area contributed by atoms with Gasteiger partial charge in [-0.05, 0) is 48.6 Å². The number of ether oxygens (including phenoxy) is 1. The Kier molecular flexibility index (Phi) is 3.93. The lowest BCUT2D eigenvalue weighted by atomic mass is 10.0. The summed E-state index contributed by atoms with van der Waals surface area (Å²) in [6.07, 6.45) is 7.24. The van der Waals surface area contributed by atoms with Crippen molar-refractivity contribution in [2.24, 2.45) is 0 Å². The first kappa shape index (κ1) is 15.4. The van der Waals surface area contributed by atoms with E-state index in [9.17, 15) is 4.79 Å². The summed E-state index contributed by atoms with van der Waals surface area (Å²) < 4.78 is 5.27. The molecule has 6 nitrogen and oxygen atoms in total. The van der Waals surface area contributed by atoms with E-state index in [1.165, 1.54) is 0 Å². The number of nitrogens with one attached hydrogen (secondary N) is 2. The van der Waals surface area contributed by atoms with Crippen LogP contribution in [0.25, 0.3) is 10.9 Å². The van der Waals surface area contributed by atoms with Crippen LogP contribution in [0.5, 0.6) is 5.75 Å². The summed E-state index contributed by atoms with van der Waals surface area (Å²) in [7, 11) is 1.64. The molecule has 0 atom stereocenters. The summed E-state index contributed by atoms with van der Waals surface area (Å²) in [4.78, 5) is 20.8. The number of nitrogens with zero attached hydrogens (tertiary/aromatic N) is 2. The van der Waals surface area contributed by atoms with E-state index in [-0.39, 0.29) is 6.03 Å². The molecule has 0 spiro atoms. The van der Waals surface area contributed by atoms with Crippen LogP contribution in [0, 0.1) is 0 Å². The van der Waals surface area contributed by atoms with Crippen LogP contribution in [-0.4, -0.2) is 23.1 Å². The number of hydrogen-bond donors (Lipinski definition) is 2. The molecule has 1 fully saturated rings. The lowest BCUT2D eigenvalue weighted by Gasteiger charge is -2.14. The van der Waals surface area contributed by atoms with Gasteiger partial charge in [-0.15, -0.1) is 0 Å². The zero-order valence-electron chi connectivity index (χ0n) is 13.8. The minimum Gasteiger partial charge on any atom is -0.497 e. The zero-order chi connectivity index (χ0) is 17.2. The molecule has 1 aromatic carbocycles. The molecule has 0 bridgehead atoms. The van der Waals surface area contributed by atoms with Crippen LogP contribution in [0.1, 0.15) is 24.3 Å². The number of fused-ring (bicyclic) bond motifs is 1. The Morgan fingerprint density at radius 3 is 2.80 bits per heavy atom. The lowest BCUT2D eigenvalue weighted by molar-refractivity contribution is 0.262. The third kappa shape index (κ3) is 3.24. The molecule has 1 saturated carbocycles. The van der Waals surface area contributed by atoms with Crippen molar-refractivity contribution in [1.82, 2.24) is 9.97 Å². The van der Waals surface area contributed by atoms with Crippen molar-refractivity contribution in [1.29, 1.82) is 0 Å². The number of carbonyl (C=O) groups is 1. The maximum absolute atomic E-state index is 12.3. The van der Waals surface area contributed by atoms with Crippen LogP contribution in [0.2, 0.25) is 0 Å². The van der Waals surface area contributed by atoms with Crippen LogP contribution in [0.15, 0.2) is 48.9 Å². The SMILES string of the molecule is COc1ccc2c(C3CC3)c(NC(=O)Nc3cccnc3)cnc2c1. The maximum Gasteiger partial charge on any atom is 0.323 e. The molecule has 2 heterocycles. The number of anilines is 2. The van der Waals surface area contributed by atoms with Gasteiger partial charge >= 0.3 is 6.03 Å². The minimum absolute atomic E-state index is 0.301. The fourth-order valence-corrected chi connectivity index (χ4v) is 2.95. The number of carbonyl (C=O) groups excluding carboxylic acids is 1. The second kappa shape index (κ2) is 6.39. The fraction of sp³-hybridized carbons (Fsp3) is 0.211. The van der Waals surface area contributed by atoms with Gasteiger partial charge in [-0.3, -0.25) is 9.97 Å². The van der Waals surface area contributed by atoms with E-state index in [2.05, 4.69) is 20.6 Å². The van der Waals surface area contributed by atoms with Crippen molar-refractivity contribution < 1.29 is 9.53 Å². The summed E-state index contributed by atoms with van der Waals surface area (Å²) in [5.41, 5.74) is 3.42. The zero-order valence-corrected chi connectivity index (χ0v) is 13.8. The normalized spacial score (nSPS) is 13.5. The molecule has 2 aromatic heterocycles. The molecule has 0 radical (unpaired) electrons. The number of methoxy groups -OCH3 is 1. The van der Waals surface area contributed by atoms with Crippen molar-refractivity contribution in [3.05, 3.63) is 54.5 Å². The van der Waals surface area contributed by atoms with E-state index in [0.717, 1.165) is 40.7 Å². The molecule has 6 heteroatoms. The molecule has 1 aliphatic carbocycles. The molecule has 2 N–H and O–H groups in total. The van der Waals surface area contributed by atoms with Gasteiger partial charge in [0.2, 0.25) is 0 Å². The van der Waals surface area contributed by atoms with Gasteiger partial charge in [-0.2, -0.15) is 0 Å². The topological polar surface area (TPSA) is 76.1 Å². The Morgan fingerprint density at radius 2 is 2.08 bits per heavy atom. The Labute approximate surface area is 145 Å². The van der Waals surface area contributed by atoms with Gasteiger partial charge in [-0.25, -0.2) is 4.79 Å². The van der Waals surface area contributed by atoms with Crippen molar-refractivity contribution in [2.45, 2.75) is 18.8 Å². The quantitative estimate of drug-likeness (QED) is 0.751. The highest BCUT2D eigenvalue weighted by atomic mass is 16.5. The molecule has 4 rings (SSSR count). The first-order valence-corrected chi connectivity index (χ1v) is 8.19. The average molecular weight is 334 g/mol. The number of urea groups is 1. The molecule has 3 aromatic rings. The fourth-order valence-electron chi connectivity index (χ4n) is 2.95. The lowest BCUT2D eigenvalue weighted by Crippen LogP contribution is -2.20. The molecule has 1 aliphatic rings. The Morgan fingerprint density at radius 1 is 1.20 bits per heavy atom. The second-order valence-electron chi connectivity index (χ2n) is 6.06. The molecule has 0 unspecified atom stereocenters.